The number of carbonyl (C=O) groups is 3. The molecule has 0 spiro atoms. The first kappa shape index (κ1) is 50.9. The average Bonchev–Trinajstić information content (AvgIpc) is 3.29. The van der Waals surface area contributed by atoms with E-state index in [0.29, 0.717) is 41.7 Å². The standard InChI is InChI=1S/C46H51ClN6O3.C7H13NO2/c1-29(2)43(54)39-19-18-38(26-40(39)30(3)31-11-10-12-31)49-21-8-7-9-22-56-44-34(27-48)24-37(25-41(44)47)46(4,5)36-16-13-32(14-17-36)33-15-20-42-35(23-33)28-50-45(51-42)52-53(6)55;1-6(4-3-5-9)7(10)8-2/h13-20,23-26,28-29,49,55H,7-12,21-22H2,1-6H3,(H,50,51,52);5-6H,3-4H2,1-2H3,(H,8,10). The number of hydrogen-bond acceptors (Lipinski definition) is 11. The van der Waals surface area contributed by atoms with Gasteiger partial charge in [0, 0.05) is 67.1 Å². The third-order valence-corrected chi connectivity index (χ3v) is 12.5. The molecule has 1 saturated carbocycles. The second kappa shape index (κ2) is 23.9. The summed E-state index contributed by atoms with van der Waals surface area (Å²) in [6.45, 7) is 13.4. The maximum absolute atomic E-state index is 13.0. The molecular formula is C53H64ClN7O5. The van der Waals surface area contributed by atoms with Crippen molar-refractivity contribution in [2.45, 2.75) is 98.3 Å². The fourth-order valence-electron chi connectivity index (χ4n) is 7.76. The number of halogens is 1. The molecule has 4 aromatic carbocycles. The number of nitrogens with one attached hydrogen (secondary N) is 3. The topological polar surface area (TPSA) is 170 Å². The number of rotatable bonds is 20. The van der Waals surface area contributed by atoms with Crippen LogP contribution in [-0.4, -0.2) is 65.6 Å². The smallest absolute Gasteiger partial charge is 0.239 e. The number of fused-ring (bicyclic) bond motifs is 1. The zero-order valence-corrected chi connectivity index (χ0v) is 40.3. The number of allylic oxidation sites excluding steroid dienone is 2. The Labute approximate surface area is 394 Å². The molecule has 0 aliphatic heterocycles. The lowest BCUT2D eigenvalue weighted by Gasteiger charge is -2.27. The molecule has 1 aromatic heterocycles. The highest BCUT2D eigenvalue weighted by Gasteiger charge is 2.26. The van der Waals surface area contributed by atoms with Crippen LogP contribution in [0.4, 0.5) is 11.6 Å². The zero-order chi connectivity index (χ0) is 48.0. The summed E-state index contributed by atoms with van der Waals surface area (Å²) < 4.78 is 6.11. The molecular weight excluding hydrogens is 850 g/mol. The van der Waals surface area contributed by atoms with Crippen molar-refractivity contribution in [2.75, 3.05) is 38.0 Å². The second-order valence-electron chi connectivity index (χ2n) is 17.7. The largest absolute Gasteiger partial charge is 0.491 e. The summed E-state index contributed by atoms with van der Waals surface area (Å²) in [6.07, 6.45) is 9.86. The van der Waals surface area contributed by atoms with E-state index in [-0.39, 0.29) is 23.5 Å². The Morgan fingerprint density at radius 3 is 2.33 bits per heavy atom. The predicted octanol–water partition coefficient (Wildman–Crippen LogP) is 11.6. The number of aromatic nitrogens is 2. The number of hydrogen-bond donors (Lipinski definition) is 4. The molecule has 13 heteroatoms. The van der Waals surface area contributed by atoms with Crippen molar-refractivity contribution in [3.8, 4) is 22.9 Å². The van der Waals surface area contributed by atoms with E-state index in [1.807, 2.05) is 63.2 Å². The van der Waals surface area contributed by atoms with Gasteiger partial charge in [-0.1, -0.05) is 82.1 Å². The van der Waals surface area contributed by atoms with Crippen LogP contribution in [0, 0.1) is 23.2 Å². The number of nitrogens with zero attached hydrogens (tertiary/aromatic N) is 4. The van der Waals surface area contributed by atoms with Crippen LogP contribution in [0.2, 0.25) is 5.02 Å². The van der Waals surface area contributed by atoms with E-state index >= 15 is 0 Å². The summed E-state index contributed by atoms with van der Waals surface area (Å²) in [5.74, 6) is 0.831. The Hall–Kier alpha value is -6.13. The molecule has 0 saturated heterocycles. The van der Waals surface area contributed by atoms with Crippen LogP contribution in [0.3, 0.4) is 0 Å². The number of carbonyl (C=O) groups excluding carboxylic acids is 3. The van der Waals surface area contributed by atoms with E-state index in [2.05, 4.69) is 83.2 Å². The number of anilines is 2. The molecule has 1 unspecified atom stereocenters. The van der Waals surface area contributed by atoms with Gasteiger partial charge >= 0.3 is 0 Å². The van der Waals surface area contributed by atoms with Crippen molar-refractivity contribution in [3.05, 3.63) is 117 Å². The molecule has 1 atom stereocenters. The number of unbranched alkanes of at least 4 members (excludes halogenated alkanes) is 2. The van der Waals surface area contributed by atoms with Gasteiger partial charge in [-0.15, -0.1) is 5.17 Å². The van der Waals surface area contributed by atoms with E-state index in [1.54, 1.807) is 13.2 Å². The fraction of sp³-hybridized carbons (Fsp3) is 0.396. The maximum atomic E-state index is 13.0. The van der Waals surface area contributed by atoms with E-state index in [0.717, 1.165) is 100 Å². The van der Waals surface area contributed by atoms with Crippen LogP contribution in [0.1, 0.15) is 126 Å². The number of ketones is 1. The zero-order valence-electron chi connectivity index (χ0n) is 39.6. The van der Waals surface area contributed by atoms with Crippen molar-refractivity contribution < 1.29 is 24.3 Å². The molecule has 6 rings (SSSR count). The Kier molecular flexibility index (Phi) is 18.4. The Morgan fingerprint density at radius 2 is 1.70 bits per heavy atom. The number of aldehydes is 1. The summed E-state index contributed by atoms with van der Waals surface area (Å²) in [6, 6.07) is 26.6. The lowest BCUT2D eigenvalue weighted by molar-refractivity contribution is -0.124. The van der Waals surface area contributed by atoms with Crippen LogP contribution in [0.15, 0.2) is 84.6 Å². The molecule has 1 aliphatic rings. The summed E-state index contributed by atoms with van der Waals surface area (Å²) in [5, 5.41) is 27.7. The minimum Gasteiger partial charge on any atom is -0.491 e. The number of nitriles is 1. The molecule has 5 aromatic rings. The lowest BCUT2D eigenvalue weighted by Crippen LogP contribution is -2.25. The quantitative estimate of drug-likeness (QED) is 0.0254. The first-order valence-corrected chi connectivity index (χ1v) is 23.2. The summed E-state index contributed by atoms with van der Waals surface area (Å²) in [7, 11) is 3.05. The van der Waals surface area contributed by atoms with E-state index in [4.69, 9.17) is 16.3 Å². The van der Waals surface area contributed by atoms with Crippen LogP contribution in [0.5, 0.6) is 5.75 Å². The van der Waals surface area contributed by atoms with E-state index in [1.165, 1.54) is 24.6 Å². The Bertz CT molecular complexity index is 2560. The number of Topliss-reactive ketones (excluding diaryl/α,β-unsaturated/α-hetero) is 1. The molecule has 348 valence electrons. The van der Waals surface area contributed by atoms with Gasteiger partial charge in [0.05, 0.1) is 22.7 Å². The number of hydrazine groups is 1. The molecule has 4 N–H and O–H groups in total. The Balaban J connectivity index is 0.000000730. The van der Waals surface area contributed by atoms with Gasteiger partial charge < -0.3 is 20.2 Å². The highest BCUT2D eigenvalue weighted by molar-refractivity contribution is 6.32. The third kappa shape index (κ3) is 13.2. The molecule has 1 fully saturated rings. The first-order valence-electron chi connectivity index (χ1n) is 22.8. The van der Waals surface area contributed by atoms with Gasteiger partial charge in [0.2, 0.25) is 11.9 Å². The van der Waals surface area contributed by atoms with Gasteiger partial charge in [-0.3, -0.25) is 20.2 Å². The molecule has 66 heavy (non-hydrogen) atoms. The van der Waals surface area contributed by atoms with E-state index in [9.17, 15) is 24.9 Å². The van der Waals surface area contributed by atoms with Gasteiger partial charge in [-0.25, -0.2) is 9.97 Å². The number of ether oxygens (including phenoxy) is 1. The number of hydroxylamine groups is 1. The minimum absolute atomic E-state index is 0.00171. The van der Waals surface area contributed by atoms with E-state index < -0.39 is 5.41 Å². The maximum Gasteiger partial charge on any atom is 0.239 e. The third-order valence-electron chi connectivity index (χ3n) is 12.2. The van der Waals surface area contributed by atoms with Gasteiger partial charge in [-0.05, 0) is 128 Å². The molecule has 1 aliphatic carbocycles. The summed E-state index contributed by atoms with van der Waals surface area (Å²) in [5.41, 5.74) is 13.1. The highest BCUT2D eigenvalue weighted by Crippen LogP contribution is 2.40. The number of amides is 1. The van der Waals surface area contributed by atoms with Gasteiger partial charge in [0.25, 0.3) is 0 Å². The van der Waals surface area contributed by atoms with Gasteiger partial charge in [-0.2, -0.15) is 5.26 Å². The van der Waals surface area contributed by atoms with Crippen molar-refractivity contribution in [2.24, 2.45) is 11.8 Å². The van der Waals surface area contributed by atoms with Crippen LogP contribution >= 0.6 is 11.6 Å². The van der Waals surface area contributed by atoms with Crippen molar-refractivity contribution >= 4 is 57.7 Å². The first-order chi connectivity index (χ1) is 31.6. The molecule has 1 amide bonds. The number of benzene rings is 4. The average molecular weight is 915 g/mol. The summed E-state index contributed by atoms with van der Waals surface area (Å²) >= 11 is 6.80. The summed E-state index contributed by atoms with van der Waals surface area (Å²) in [4.78, 5) is 42.4. The Morgan fingerprint density at radius 1 is 0.970 bits per heavy atom. The normalized spacial score (nSPS) is 12.7. The lowest BCUT2D eigenvalue weighted by atomic mass is 9.77. The molecule has 0 radical (unpaired) electrons. The minimum atomic E-state index is -0.433. The monoisotopic (exact) mass is 913 g/mol. The molecule has 12 nitrogen and oxygen atoms in total. The molecule has 1 heterocycles. The van der Waals surface area contributed by atoms with Crippen molar-refractivity contribution in [3.63, 3.8) is 0 Å². The van der Waals surface area contributed by atoms with Crippen LogP contribution in [0.25, 0.3) is 27.6 Å². The molecule has 0 bridgehead atoms. The predicted molar refractivity (Wildman–Crippen MR) is 265 cm³/mol. The highest BCUT2D eigenvalue weighted by atomic mass is 35.5. The van der Waals surface area contributed by atoms with Gasteiger partial charge in [0.1, 0.15) is 12.4 Å². The fourth-order valence-corrected chi connectivity index (χ4v) is 8.03. The van der Waals surface area contributed by atoms with Crippen molar-refractivity contribution in [1.29, 1.82) is 5.26 Å². The SMILES string of the molecule is CC(=C1CCC1)c1cc(NCCCCCOc2c(Cl)cc(C(C)(C)c3ccc(-c4ccc5nc(NN(C)O)ncc5c4)cc3)cc2C#N)ccc1C(=O)C(C)C.CNC(=O)C(C)CCC=O. The van der Waals surface area contributed by atoms with Gasteiger partial charge in [0.15, 0.2) is 11.5 Å². The van der Waals surface area contributed by atoms with Crippen LogP contribution < -0.4 is 20.8 Å². The second-order valence-corrected chi connectivity index (χ2v) is 18.1. The van der Waals surface area contributed by atoms with Crippen molar-refractivity contribution in [1.82, 2.24) is 20.5 Å². The van der Waals surface area contributed by atoms with Crippen LogP contribution in [-0.2, 0) is 15.0 Å².